The normalized spacial score (nSPS) is 10.4. The summed E-state index contributed by atoms with van der Waals surface area (Å²) in [6.07, 6.45) is 3.64. The van der Waals surface area contributed by atoms with Crippen molar-refractivity contribution in [2.24, 2.45) is 0 Å². The van der Waals surface area contributed by atoms with Crippen LogP contribution in [0.2, 0.25) is 0 Å². The van der Waals surface area contributed by atoms with Crippen LogP contribution in [-0.2, 0) is 5.75 Å². The molecule has 112 valence electrons. The second kappa shape index (κ2) is 7.24. The summed E-state index contributed by atoms with van der Waals surface area (Å²) >= 11 is 3.18. The summed E-state index contributed by atoms with van der Waals surface area (Å²) in [6, 6.07) is 11.7. The molecule has 0 amide bonds. The highest BCUT2D eigenvalue weighted by Gasteiger charge is 2.06. The van der Waals surface area contributed by atoms with Crippen molar-refractivity contribution in [3.63, 3.8) is 0 Å². The highest BCUT2D eigenvalue weighted by molar-refractivity contribution is 8.00. The maximum atomic E-state index is 5.20. The van der Waals surface area contributed by atoms with Gasteiger partial charge >= 0.3 is 0 Å². The Morgan fingerprint density at radius 1 is 1.23 bits per heavy atom. The summed E-state index contributed by atoms with van der Waals surface area (Å²) in [4.78, 5) is 4.10. The number of aromatic nitrogens is 3. The van der Waals surface area contributed by atoms with E-state index in [4.69, 9.17) is 4.74 Å². The number of nitrogens with one attached hydrogen (secondary N) is 1. The summed E-state index contributed by atoms with van der Waals surface area (Å²) in [5.74, 6) is 1.64. The molecule has 0 radical (unpaired) electrons. The van der Waals surface area contributed by atoms with Gasteiger partial charge in [-0.25, -0.2) is 0 Å². The lowest BCUT2D eigenvalue weighted by Crippen LogP contribution is -1.90. The molecule has 0 fully saturated rings. The number of ether oxygens (including phenoxy) is 1. The number of nitrogens with zero attached hydrogens (tertiary/aromatic N) is 3. The molecule has 3 rings (SSSR count). The summed E-state index contributed by atoms with van der Waals surface area (Å²) in [5.41, 5.74) is 2.10. The Bertz CT molecular complexity index is 733. The summed E-state index contributed by atoms with van der Waals surface area (Å²) in [7, 11) is 1.65. The molecule has 0 saturated carbocycles. The predicted octanol–water partition coefficient (Wildman–Crippen LogP) is 3.98. The van der Waals surface area contributed by atoms with Gasteiger partial charge in [0.2, 0.25) is 5.13 Å². The van der Waals surface area contributed by atoms with E-state index in [0.717, 1.165) is 26.7 Å². The fourth-order valence-corrected chi connectivity index (χ4v) is 3.48. The molecule has 5 nitrogen and oxygen atoms in total. The van der Waals surface area contributed by atoms with E-state index >= 15 is 0 Å². The van der Waals surface area contributed by atoms with E-state index in [-0.39, 0.29) is 0 Å². The fraction of sp³-hybridized carbons (Fsp3) is 0.133. The van der Waals surface area contributed by atoms with Gasteiger partial charge in [0.1, 0.15) is 5.75 Å². The van der Waals surface area contributed by atoms with Crippen LogP contribution < -0.4 is 10.1 Å². The van der Waals surface area contributed by atoms with E-state index in [1.54, 1.807) is 25.1 Å². The van der Waals surface area contributed by atoms with E-state index in [1.165, 1.54) is 16.9 Å². The van der Waals surface area contributed by atoms with Gasteiger partial charge in [0.05, 0.1) is 7.11 Å². The quantitative estimate of drug-likeness (QED) is 0.690. The van der Waals surface area contributed by atoms with Gasteiger partial charge in [-0.3, -0.25) is 4.98 Å². The van der Waals surface area contributed by atoms with Gasteiger partial charge in [0, 0.05) is 29.9 Å². The molecular weight excluding hydrogens is 316 g/mol. The smallest absolute Gasteiger partial charge is 0.210 e. The number of hydrogen-bond acceptors (Lipinski definition) is 7. The standard InChI is InChI=1S/C15H14N4OS2/c1-20-13-6-2-5-12(8-13)17-14-18-19-15(22-14)21-10-11-4-3-7-16-9-11/h2-9H,10H2,1H3,(H,17,18). The van der Waals surface area contributed by atoms with Gasteiger partial charge in [-0.1, -0.05) is 35.2 Å². The summed E-state index contributed by atoms with van der Waals surface area (Å²) in [5, 5.41) is 12.3. The molecule has 0 aliphatic heterocycles. The third-order valence-corrected chi connectivity index (χ3v) is 4.86. The first-order chi connectivity index (χ1) is 10.8. The van der Waals surface area contributed by atoms with Crippen molar-refractivity contribution in [1.82, 2.24) is 15.2 Å². The van der Waals surface area contributed by atoms with Crippen molar-refractivity contribution in [3.8, 4) is 5.75 Å². The minimum Gasteiger partial charge on any atom is -0.497 e. The topological polar surface area (TPSA) is 59.9 Å². The van der Waals surface area contributed by atoms with Crippen LogP contribution in [0.1, 0.15) is 5.56 Å². The summed E-state index contributed by atoms with van der Waals surface area (Å²) in [6.45, 7) is 0. The maximum Gasteiger partial charge on any atom is 0.210 e. The molecule has 1 aromatic carbocycles. The van der Waals surface area contributed by atoms with Gasteiger partial charge < -0.3 is 10.1 Å². The predicted molar refractivity (Wildman–Crippen MR) is 90.0 cm³/mol. The molecule has 1 N–H and O–H groups in total. The molecule has 0 spiro atoms. The van der Waals surface area contributed by atoms with E-state index in [9.17, 15) is 0 Å². The van der Waals surface area contributed by atoms with E-state index in [2.05, 4.69) is 26.6 Å². The van der Waals surface area contributed by atoms with Crippen molar-refractivity contribution in [2.75, 3.05) is 12.4 Å². The summed E-state index contributed by atoms with van der Waals surface area (Å²) < 4.78 is 6.13. The minimum atomic E-state index is 0.766. The van der Waals surface area contributed by atoms with Crippen molar-refractivity contribution < 1.29 is 4.74 Å². The highest BCUT2D eigenvalue weighted by atomic mass is 32.2. The average Bonchev–Trinajstić information content (AvgIpc) is 3.01. The van der Waals surface area contributed by atoms with Gasteiger partial charge in [0.25, 0.3) is 0 Å². The Morgan fingerprint density at radius 3 is 3.00 bits per heavy atom. The zero-order chi connectivity index (χ0) is 15.2. The average molecular weight is 330 g/mol. The Hall–Kier alpha value is -2.12. The van der Waals surface area contributed by atoms with Crippen LogP contribution in [0.3, 0.4) is 0 Å². The lowest BCUT2D eigenvalue weighted by molar-refractivity contribution is 0.415. The number of rotatable bonds is 6. The van der Waals surface area contributed by atoms with E-state index in [0.29, 0.717) is 0 Å². The highest BCUT2D eigenvalue weighted by Crippen LogP contribution is 2.30. The number of pyridine rings is 1. The number of hydrogen-bond donors (Lipinski definition) is 1. The van der Waals surface area contributed by atoms with Gasteiger partial charge in [-0.2, -0.15) is 0 Å². The molecule has 3 aromatic rings. The number of thioether (sulfide) groups is 1. The van der Waals surface area contributed by atoms with Crippen LogP contribution in [0, 0.1) is 0 Å². The Kier molecular flexibility index (Phi) is 4.87. The third kappa shape index (κ3) is 3.96. The first-order valence-corrected chi connectivity index (χ1v) is 8.40. The SMILES string of the molecule is COc1cccc(Nc2nnc(SCc3cccnc3)s2)c1. The van der Waals surface area contributed by atoms with Crippen molar-refractivity contribution in [2.45, 2.75) is 10.1 Å². The van der Waals surface area contributed by atoms with Crippen molar-refractivity contribution in [1.29, 1.82) is 0 Å². The molecule has 0 aliphatic rings. The van der Waals surface area contributed by atoms with Gasteiger partial charge in [-0.15, -0.1) is 10.2 Å². The molecule has 0 aliphatic carbocycles. The lowest BCUT2D eigenvalue weighted by Gasteiger charge is -2.04. The molecule has 22 heavy (non-hydrogen) atoms. The van der Waals surface area contributed by atoms with Crippen molar-refractivity contribution in [3.05, 3.63) is 54.4 Å². The minimum absolute atomic E-state index is 0.766. The fourth-order valence-electron chi connectivity index (χ4n) is 1.77. The maximum absolute atomic E-state index is 5.20. The second-order valence-corrected chi connectivity index (χ2v) is 6.58. The van der Waals surface area contributed by atoms with Crippen LogP contribution in [0.5, 0.6) is 5.75 Å². The molecule has 2 heterocycles. The van der Waals surface area contributed by atoms with Crippen LogP contribution >= 0.6 is 23.1 Å². The molecular formula is C15H14N4OS2. The first kappa shape index (κ1) is 14.8. The van der Waals surface area contributed by atoms with Gasteiger partial charge in [-0.05, 0) is 23.8 Å². The Morgan fingerprint density at radius 2 is 2.18 bits per heavy atom. The largest absolute Gasteiger partial charge is 0.497 e. The first-order valence-electron chi connectivity index (χ1n) is 6.60. The molecule has 0 atom stereocenters. The zero-order valence-electron chi connectivity index (χ0n) is 11.9. The van der Waals surface area contributed by atoms with Crippen LogP contribution in [0.4, 0.5) is 10.8 Å². The number of benzene rings is 1. The second-order valence-electron chi connectivity index (χ2n) is 4.38. The lowest BCUT2D eigenvalue weighted by atomic mass is 10.3. The molecule has 0 saturated heterocycles. The number of methoxy groups -OCH3 is 1. The Balaban J connectivity index is 1.61. The van der Waals surface area contributed by atoms with Crippen LogP contribution in [0.15, 0.2) is 53.1 Å². The molecule has 7 heteroatoms. The molecule has 0 unspecified atom stereocenters. The molecule has 2 aromatic heterocycles. The van der Waals surface area contributed by atoms with Crippen molar-refractivity contribution >= 4 is 33.9 Å². The number of anilines is 2. The van der Waals surface area contributed by atoms with E-state index < -0.39 is 0 Å². The Labute approximate surface area is 136 Å². The molecule has 0 bridgehead atoms. The van der Waals surface area contributed by atoms with Crippen LogP contribution in [-0.4, -0.2) is 22.3 Å². The van der Waals surface area contributed by atoms with Crippen LogP contribution in [0.25, 0.3) is 0 Å². The van der Waals surface area contributed by atoms with E-state index in [1.807, 2.05) is 36.5 Å². The monoisotopic (exact) mass is 330 g/mol. The zero-order valence-corrected chi connectivity index (χ0v) is 13.5. The van der Waals surface area contributed by atoms with Gasteiger partial charge in [0.15, 0.2) is 4.34 Å². The third-order valence-electron chi connectivity index (χ3n) is 2.81.